The molecule has 0 aromatic heterocycles. The minimum absolute atomic E-state index is 0.0321. The number of fused-ring (bicyclic) bond motifs is 1. The van der Waals surface area contributed by atoms with E-state index in [9.17, 15) is 14.7 Å². The van der Waals surface area contributed by atoms with Gasteiger partial charge < -0.3 is 9.84 Å². The third-order valence-electron chi connectivity index (χ3n) is 5.93. The van der Waals surface area contributed by atoms with Crippen LogP contribution in [-0.2, 0) is 9.59 Å². The van der Waals surface area contributed by atoms with Crippen LogP contribution in [0.5, 0.6) is 5.75 Å². The van der Waals surface area contributed by atoms with E-state index in [4.69, 9.17) is 27.9 Å². The van der Waals surface area contributed by atoms with Gasteiger partial charge in [-0.2, -0.15) is 0 Å². The van der Waals surface area contributed by atoms with E-state index in [0.717, 1.165) is 0 Å². The van der Waals surface area contributed by atoms with Gasteiger partial charge >= 0.3 is 0 Å². The van der Waals surface area contributed by atoms with Crippen molar-refractivity contribution in [1.29, 1.82) is 0 Å². The second kappa shape index (κ2) is 6.61. The first-order chi connectivity index (χ1) is 13.4. The van der Waals surface area contributed by atoms with Crippen LogP contribution in [0.3, 0.4) is 0 Å². The number of benzene rings is 1. The smallest absolute Gasteiger partial charge is 0.163 e. The number of ketones is 2. The third kappa shape index (κ3) is 3.51. The lowest BCUT2D eigenvalue weighted by Gasteiger charge is -2.40. The number of allylic oxidation sites excluding steroid dienone is 4. The van der Waals surface area contributed by atoms with Gasteiger partial charge in [0.1, 0.15) is 17.3 Å². The normalized spacial score (nSPS) is 25.5. The fourth-order valence-electron chi connectivity index (χ4n) is 4.80. The van der Waals surface area contributed by atoms with Crippen LogP contribution in [-0.4, -0.2) is 16.7 Å². The molecule has 0 bridgehead atoms. The first-order valence-electron chi connectivity index (χ1n) is 9.77. The molecule has 6 heteroatoms. The summed E-state index contributed by atoms with van der Waals surface area (Å²) in [4.78, 5) is 26.3. The summed E-state index contributed by atoms with van der Waals surface area (Å²) >= 11 is 12.7. The number of rotatable bonds is 1. The van der Waals surface area contributed by atoms with Crippen molar-refractivity contribution in [3.63, 3.8) is 0 Å². The molecule has 0 spiro atoms. The molecule has 0 unspecified atom stereocenters. The quantitative estimate of drug-likeness (QED) is 0.561. The lowest BCUT2D eigenvalue weighted by atomic mass is 9.66. The highest BCUT2D eigenvalue weighted by Gasteiger charge is 2.47. The zero-order valence-corrected chi connectivity index (χ0v) is 18.5. The monoisotopic (exact) mass is 434 g/mol. The number of Topliss-reactive ketones (excluding diaryl/α,β-unsaturated/α-hetero) is 2. The molecule has 3 aliphatic rings. The molecule has 2 aliphatic carbocycles. The molecule has 1 aromatic rings. The van der Waals surface area contributed by atoms with Gasteiger partial charge in [0.2, 0.25) is 0 Å². The van der Waals surface area contributed by atoms with Crippen LogP contribution < -0.4 is 4.74 Å². The van der Waals surface area contributed by atoms with Gasteiger partial charge in [-0.25, -0.2) is 0 Å². The molecule has 1 heterocycles. The average Bonchev–Trinajstić information content (AvgIpc) is 2.52. The van der Waals surface area contributed by atoms with Crippen molar-refractivity contribution in [2.45, 2.75) is 59.3 Å². The lowest BCUT2D eigenvalue weighted by molar-refractivity contribution is -0.119. The molecule has 0 fully saturated rings. The number of halogens is 2. The summed E-state index contributed by atoms with van der Waals surface area (Å²) in [5.41, 5.74) is 0.688. The molecule has 0 saturated heterocycles. The van der Waals surface area contributed by atoms with Gasteiger partial charge in [-0.15, -0.1) is 0 Å². The largest absolute Gasteiger partial charge is 0.512 e. The molecule has 0 radical (unpaired) electrons. The number of ether oxygens (including phenoxy) is 1. The highest BCUT2D eigenvalue weighted by atomic mass is 35.5. The number of hydrogen-bond donors (Lipinski definition) is 1. The zero-order chi connectivity index (χ0) is 21.3. The highest BCUT2D eigenvalue weighted by molar-refractivity contribution is 6.35. The van der Waals surface area contributed by atoms with E-state index in [2.05, 4.69) is 0 Å². The number of hydrogen-bond acceptors (Lipinski definition) is 4. The van der Waals surface area contributed by atoms with Gasteiger partial charge in [-0.1, -0.05) is 50.9 Å². The van der Waals surface area contributed by atoms with Crippen molar-refractivity contribution in [1.82, 2.24) is 0 Å². The Hall–Kier alpha value is -1.78. The summed E-state index contributed by atoms with van der Waals surface area (Å²) in [5.74, 6) is 0.0362. The Morgan fingerprint density at radius 1 is 0.931 bits per heavy atom. The molecule has 0 saturated carbocycles. The minimum atomic E-state index is -0.711. The Morgan fingerprint density at radius 3 is 2.14 bits per heavy atom. The van der Waals surface area contributed by atoms with Crippen LogP contribution in [0.1, 0.15) is 64.9 Å². The van der Waals surface area contributed by atoms with Crippen LogP contribution >= 0.6 is 23.2 Å². The topological polar surface area (TPSA) is 63.6 Å². The van der Waals surface area contributed by atoms with Crippen molar-refractivity contribution >= 4 is 34.8 Å². The Morgan fingerprint density at radius 2 is 1.52 bits per heavy atom. The van der Waals surface area contributed by atoms with Crippen LogP contribution in [0.4, 0.5) is 0 Å². The molecule has 29 heavy (non-hydrogen) atoms. The summed E-state index contributed by atoms with van der Waals surface area (Å²) in [6.45, 7) is 7.92. The maximum atomic E-state index is 13.2. The van der Waals surface area contributed by atoms with Crippen LogP contribution in [0.25, 0.3) is 0 Å². The number of carbonyl (C=O) groups excluding carboxylic acids is 2. The third-order valence-corrected chi connectivity index (χ3v) is 6.43. The number of aliphatic hydroxyl groups excluding tert-OH is 1. The van der Waals surface area contributed by atoms with Crippen LogP contribution in [0.2, 0.25) is 10.0 Å². The summed E-state index contributed by atoms with van der Waals surface area (Å²) in [5, 5.41) is 11.6. The molecule has 1 aromatic carbocycles. The van der Waals surface area contributed by atoms with E-state index < -0.39 is 5.92 Å². The van der Waals surface area contributed by atoms with E-state index in [0.29, 0.717) is 58.4 Å². The Balaban J connectivity index is 1.99. The number of aliphatic hydroxyl groups is 1. The second-order valence-electron chi connectivity index (χ2n) is 9.92. The van der Waals surface area contributed by atoms with Crippen LogP contribution in [0, 0.1) is 10.8 Å². The van der Waals surface area contributed by atoms with Crippen molar-refractivity contribution in [3.05, 3.63) is 50.4 Å². The molecular formula is C23H24Cl2O4. The van der Waals surface area contributed by atoms with Gasteiger partial charge in [-0.05, 0) is 23.0 Å². The second-order valence-corrected chi connectivity index (χ2v) is 10.8. The van der Waals surface area contributed by atoms with E-state index in [1.807, 2.05) is 27.7 Å². The fraction of sp³-hybridized carbons (Fsp3) is 0.478. The van der Waals surface area contributed by atoms with Crippen LogP contribution in [0.15, 0.2) is 34.8 Å². The standard InChI is InChI=1S/C23H24Cl2O4/c1-22(2)7-14(26)19(15(27)8-22)18-12-5-11(24)6-13(25)21(12)29-17-10-23(3,4)9-16(28)20(17)18/h5-6,18,26H,7-10H2,1-4H3/t18-/m0/s1. The maximum Gasteiger partial charge on any atom is 0.163 e. The van der Waals surface area contributed by atoms with E-state index in [1.54, 1.807) is 12.1 Å². The molecule has 0 amide bonds. The highest BCUT2D eigenvalue weighted by Crippen LogP contribution is 2.54. The average molecular weight is 435 g/mol. The Labute approximate surface area is 180 Å². The van der Waals surface area contributed by atoms with Gasteiger partial charge in [0.05, 0.1) is 10.9 Å². The molecular weight excluding hydrogens is 411 g/mol. The summed E-state index contributed by atoms with van der Waals surface area (Å²) < 4.78 is 6.11. The van der Waals surface area contributed by atoms with E-state index in [1.165, 1.54) is 0 Å². The molecule has 1 atom stereocenters. The SMILES string of the molecule is CC1(C)CC(=O)C([C@H]2C3=C(CC(C)(C)CC3=O)Oc3c(Cl)cc(Cl)cc32)=C(O)C1. The predicted octanol–water partition coefficient (Wildman–Crippen LogP) is 6.31. The molecule has 4 rings (SSSR count). The zero-order valence-electron chi connectivity index (χ0n) is 17.0. The van der Waals surface area contributed by atoms with E-state index in [-0.39, 0.29) is 33.7 Å². The van der Waals surface area contributed by atoms with Crippen molar-refractivity contribution in [2.75, 3.05) is 0 Å². The van der Waals surface area contributed by atoms with Gasteiger partial charge in [0.25, 0.3) is 0 Å². The molecule has 1 N–H and O–H groups in total. The first-order valence-corrected chi connectivity index (χ1v) is 10.5. The summed E-state index contributed by atoms with van der Waals surface area (Å²) in [6.07, 6.45) is 1.58. The molecule has 1 aliphatic heterocycles. The maximum absolute atomic E-state index is 13.2. The van der Waals surface area contributed by atoms with Gasteiger partial charge in [-0.3, -0.25) is 9.59 Å². The van der Waals surface area contributed by atoms with Crippen molar-refractivity contribution < 1.29 is 19.4 Å². The summed E-state index contributed by atoms with van der Waals surface area (Å²) in [7, 11) is 0. The summed E-state index contributed by atoms with van der Waals surface area (Å²) in [6, 6.07) is 3.26. The molecule has 4 nitrogen and oxygen atoms in total. The minimum Gasteiger partial charge on any atom is -0.512 e. The van der Waals surface area contributed by atoms with E-state index >= 15 is 0 Å². The Bertz CT molecular complexity index is 1010. The van der Waals surface area contributed by atoms with Crippen molar-refractivity contribution in [2.24, 2.45) is 10.8 Å². The van der Waals surface area contributed by atoms with Crippen molar-refractivity contribution in [3.8, 4) is 5.75 Å². The first kappa shape index (κ1) is 20.5. The fourth-order valence-corrected chi connectivity index (χ4v) is 5.35. The number of carbonyl (C=O) groups is 2. The molecule has 154 valence electrons. The lowest BCUT2D eigenvalue weighted by Crippen LogP contribution is -2.36. The van der Waals surface area contributed by atoms with Gasteiger partial charge in [0.15, 0.2) is 11.6 Å². The van der Waals surface area contributed by atoms with Gasteiger partial charge in [0, 0.05) is 47.4 Å². The Kier molecular flexibility index (Phi) is 4.67. The predicted molar refractivity (Wildman–Crippen MR) is 113 cm³/mol.